The lowest BCUT2D eigenvalue weighted by atomic mass is 9.73. The Morgan fingerprint density at radius 1 is 1.67 bits per heavy atom. The number of hydrogen-bond acceptors (Lipinski definition) is 4. The van der Waals surface area contributed by atoms with Crippen LogP contribution in [0.2, 0.25) is 0 Å². The van der Waals surface area contributed by atoms with E-state index in [4.69, 9.17) is 4.84 Å². The lowest BCUT2D eigenvalue weighted by Gasteiger charge is -2.51. The van der Waals surface area contributed by atoms with Crippen LogP contribution >= 0.6 is 0 Å². The highest BCUT2D eigenvalue weighted by atomic mass is 16.6. The first-order chi connectivity index (χ1) is 5.76. The number of rotatable bonds is 1. The molecule has 0 spiro atoms. The number of nitrogens with one attached hydrogen (secondary N) is 2. The SMILES string of the molecule is CO/N=C1/CNC[C@@]2(C)NC[C@@H]12. The minimum atomic E-state index is 0.218. The predicted molar refractivity (Wildman–Crippen MR) is 47.2 cm³/mol. The summed E-state index contributed by atoms with van der Waals surface area (Å²) in [4.78, 5) is 4.80. The van der Waals surface area contributed by atoms with Gasteiger partial charge in [0.2, 0.25) is 0 Å². The van der Waals surface area contributed by atoms with E-state index in [0.29, 0.717) is 5.92 Å². The zero-order valence-corrected chi connectivity index (χ0v) is 7.55. The molecule has 2 N–H and O–H groups in total. The summed E-state index contributed by atoms with van der Waals surface area (Å²) < 4.78 is 0. The Morgan fingerprint density at radius 2 is 2.50 bits per heavy atom. The monoisotopic (exact) mass is 169 g/mol. The van der Waals surface area contributed by atoms with Gasteiger partial charge in [-0.25, -0.2) is 0 Å². The molecule has 0 aliphatic carbocycles. The molecule has 2 fully saturated rings. The van der Waals surface area contributed by atoms with Crippen molar-refractivity contribution in [2.75, 3.05) is 26.7 Å². The molecule has 2 heterocycles. The lowest BCUT2D eigenvalue weighted by molar-refractivity contribution is 0.144. The Balaban J connectivity index is 2.12. The summed E-state index contributed by atoms with van der Waals surface area (Å²) in [5, 5.41) is 10.8. The van der Waals surface area contributed by atoms with Crippen molar-refractivity contribution in [3.8, 4) is 0 Å². The molecule has 4 heteroatoms. The van der Waals surface area contributed by atoms with E-state index in [2.05, 4.69) is 22.7 Å². The van der Waals surface area contributed by atoms with Crippen LogP contribution in [0.1, 0.15) is 6.92 Å². The summed E-state index contributed by atoms with van der Waals surface area (Å²) in [5.74, 6) is 0.568. The van der Waals surface area contributed by atoms with Gasteiger partial charge in [0.05, 0.1) is 5.71 Å². The minimum Gasteiger partial charge on any atom is -0.399 e. The Kier molecular flexibility index (Phi) is 1.81. The van der Waals surface area contributed by atoms with Crippen molar-refractivity contribution in [2.24, 2.45) is 11.1 Å². The standard InChI is InChI=1S/C8H15N3O/c1-8-5-9-4-7(11-12-2)6(8)3-10-8/h6,9-10H,3-5H2,1-2H3/b11-7-/t6-,8+/m0/s1. The summed E-state index contributed by atoms with van der Waals surface area (Å²) in [5.41, 5.74) is 1.36. The number of piperidine rings is 1. The molecule has 0 amide bonds. The summed E-state index contributed by atoms with van der Waals surface area (Å²) in [6, 6.07) is 0. The highest BCUT2D eigenvalue weighted by Crippen LogP contribution is 2.29. The fourth-order valence-corrected chi connectivity index (χ4v) is 2.01. The molecular weight excluding hydrogens is 154 g/mol. The van der Waals surface area contributed by atoms with Gasteiger partial charge in [0, 0.05) is 31.1 Å². The molecule has 0 saturated carbocycles. The molecule has 2 saturated heterocycles. The maximum Gasteiger partial charge on any atom is 0.106 e. The summed E-state index contributed by atoms with van der Waals surface area (Å²) in [6.45, 7) is 5.16. The molecule has 2 aliphatic heterocycles. The molecule has 2 rings (SSSR count). The van der Waals surface area contributed by atoms with Crippen LogP contribution < -0.4 is 10.6 Å². The van der Waals surface area contributed by atoms with Gasteiger partial charge in [0.1, 0.15) is 7.11 Å². The van der Waals surface area contributed by atoms with Crippen LogP contribution in [-0.2, 0) is 4.84 Å². The van der Waals surface area contributed by atoms with Gasteiger partial charge in [0.15, 0.2) is 0 Å². The third kappa shape index (κ3) is 1.03. The number of oxime groups is 1. The van der Waals surface area contributed by atoms with E-state index in [0.717, 1.165) is 25.3 Å². The highest BCUT2D eigenvalue weighted by molar-refractivity contribution is 5.91. The van der Waals surface area contributed by atoms with E-state index in [1.165, 1.54) is 0 Å². The van der Waals surface area contributed by atoms with Crippen molar-refractivity contribution in [3.63, 3.8) is 0 Å². The van der Waals surface area contributed by atoms with Crippen molar-refractivity contribution in [2.45, 2.75) is 12.5 Å². The fourth-order valence-electron chi connectivity index (χ4n) is 2.01. The van der Waals surface area contributed by atoms with Crippen LogP contribution in [0.25, 0.3) is 0 Å². The quantitative estimate of drug-likeness (QED) is 0.524. The second kappa shape index (κ2) is 2.71. The summed E-state index contributed by atoms with van der Waals surface area (Å²) >= 11 is 0. The molecule has 0 bridgehead atoms. The predicted octanol–water partition coefficient (Wildman–Crippen LogP) is -0.430. The van der Waals surface area contributed by atoms with Crippen LogP contribution in [0, 0.1) is 5.92 Å². The maximum atomic E-state index is 4.80. The van der Waals surface area contributed by atoms with Gasteiger partial charge in [-0.15, -0.1) is 0 Å². The third-order valence-electron chi connectivity index (χ3n) is 2.89. The number of nitrogens with zero attached hydrogens (tertiary/aromatic N) is 1. The third-order valence-corrected chi connectivity index (χ3v) is 2.89. The zero-order chi connectivity index (χ0) is 8.60. The average molecular weight is 169 g/mol. The Morgan fingerprint density at radius 3 is 3.08 bits per heavy atom. The first-order valence-corrected chi connectivity index (χ1v) is 4.32. The maximum absolute atomic E-state index is 4.80. The summed E-state index contributed by atoms with van der Waals surface area (Å²) in [6.07, 6.45) is 0. The van der Waals surface area contributed by atoms with Crippen molar-refractivity contribution in [1.29, 1.82) is 0 Å². The Hall–Kier alpha value is -0.610. The van der Waals surface area contributed by atoms with Gasteiger partial charge < -0.3 is 15.5 Å². The first kappa shape index (κ1) is 8.01. The van der Waals surface area contributed by atoms with Gasteiger partial charge in [-0.05, 0) is 6.92 Å². The van der Waals surface area contributed by atoms with Crippen LogP contribution in [0.3, 0.4) is 0 Å². The molecule has 0 aromatic heterocycles. The second-order valence-electron chi connectivity index (χ2n) is 3.72. The number of fused-ring (bicyclic) bond motifs is 1. The van der Waals surface area contributed by atoms with Crippen LogP contribution in [-0.4, -0.2) is 38.0 Å². The molecule has 4 nitrogen and oxygen atoms in total. The van der Waals surface area contributed by atoms with Crippen molar-refractivity contribution < 1.29 is 4.84 Å². The van der Waals surface area contributed by atoms with E-state index >= 15 is 0 Å². The normalized spacial score (nSPS) is 43.5. The van der Waals surface area contributed by atoms with E-state index in [-0.39, 0.29) is 5.54 Å². The van der Waals surface area contributed by atoms with Crippen LogP contribution in [0.5, 0.6) is 0 Å². The van der Waals surface area contributed by atoms with Gasteiger partial charge in [-0.3, -0.25) is 0 Å². The molecule has 0 unspecified atom stereocenters. The van der Waals surface area contributed by atoms with Crippen LogP contribution in [0.4, 0.5) is 0 Å². The van der Waals surface area contributed by atoms with Crippen molar-refractivity contribution >= 4 is 5.71 Å². The van der Waals surface area contributed by atoms with E-state index in [1.54, 1.807) is 7.11 Å². The largest absolute Gasteiger partial charge is 0.399 e. The van der Waals surface area contributed by atoms with Gasteiger partial charge in [-0.2, -0.15) is 0 Å². The molecule has 2 atom stereocenters. The first-order valence-electron chi connectivity index (χ1n) is 4.32. The summed E-state index contributed by atoms with van der Waals surface area (Å²) in [7, 11) is 1.60. The highest BCUT2D eigenvalue weighted by Gasteiger charge is 2.47. The van der Waals surface area contributed by atoms with Crippen molar-refractivity contribution in [1.82, 2.24) is 10.6 Å². The average Bonchev–Trinajstić information content (AvgIpc) is 2.00. The molecule has 0 aromatic carbocycles. The molecule has 12 heavy (non-hydrogen) atoms. The van der Waals surface area contributed by atoms with Gasteiger partial charge in [-0.1, -0.05) is 5.16 Å². The van der Waals surface area contributed by atoms with Gasteiger partial charge >= 0.3 is 0 Å². The van der Waals surface area contributed by atoms with Gasteiger partial charge in [0.25, 0.3) is 0 Å². The minimum absolute atomic E-state index is 0.218. The van der Waals surface area contributed by atoms with E-state index < -0.39 is 0 Å². The van der Waals surface area contributed by atoms with E-state index in [1.807, 2.05) is 0 Å². The smallest absolute Gasteiger partial charge is 0.106 e. The molecule has 0 aromatic rings. The lowest BCUT2D eigenvalue weighted by Crippen LogP contribution is -2.73. The molecule has 68 valence electrons. The molecular formula is C8H15N3O. The fraction of sp³-hybridized carbons (Fsp3) is 0.875. The molecule has 0 radical (unpaired) electrons. The topological polar surface area (TPSA) is 45.6 Å². The Labute approximate surface area is 72.3 Å². The number of hydrogen-bond donors (Lipinski definition) is 2. The molecule has 2 aliphatic rings. The van der Waals surface area contributed by atoms with Crippen molar-refractivity contribution in [3.05, 3.63) is 0 Å². The van der Waals surface area contributed by atoms with E-state index in [9.17, 15) is 0 Å². The zero-order valence-electron chi connectivity index (χ0n) is 7.55. The second-order valence-corrected chi connectivity index (χ2v) is 3.72. The van der Waals surface area contributed by atoms with Crippen LogP contribution in [0.15, 0.2) is 5.16 Å². The Bertz CT molecular complexity index is 216.